The van der Waals surface area contributed by atoms with Crippen LogP contribution < -0.4 is 5.32 Å². The van der Waals surface area contributed by atoms with E-state index in [1.165, 1.54) is 57.8 Å². The van der Waals surface area contributed by atoms with Gasteiger partial charge in [-0.2, -0.15) is 0 Å². The van der Waals surface area contributed by atoms with E-state index in [1.54, 1.807) is 0 Å². The van der Waals surface area contributed by atoms with Gasteiger partial charge in [0.05, 0.1) is 37.2 Å². The smallest absolute Gasteiger partial charge is 0.313 e. The van der Waals surface area contributed by atoms with E-state index in [2.05, 4.69) is 12.2 Å². The van der Waals surface area contributed by atoms with Gasteiger partial charge in [0.15, 0.2) is 0 Å². The summed E-state index contributed by atoms with van der Waals surface area (Å²) in [6.07, 6.45) is 16.0. The van der Waals surface area contributed by atoms with Gasteiger partial charge in [-0.05, 0) is 19.4 Å². The van der Waals surface area contributed by atoms with Crippen molar-refractivity contribution in [3.05, 3.63) is 0 Å². The third kappa shape index (κ3) is 19.2. The van der Waals surface area contributed by atoms with Crippen molar-refractivity contribution in [2.45, 2.75) is 96.8 Å². The zero-order valence-corrected chi connectivity index (χ0v) is 20.0. The monoisotopic (exact) mass is 434 g/mol. The van der Waals surface area contributed by atoms with Crippen LogP contribution in [-0.2, 0) is 14.9 Å². The van der Waals surface area contributed by atoms with Gasteiger partial charge in [0.2, 0.25) is 0 Å². The molecule has 0 unspecified atom stereocenters. The first-order chi connectivity index (χ1) is 13.7. The first kappa shape index (κ1) is 28.5. The second-order valence-corrected chi connectivity index (χ2v) is 10.3. The third-order valence-electron chi connectivity index (χ3n) is 5.49. The average molecular weight is 435 g/mol. The molecule has 1 amide bonds. The Bertz CT molecular complexity index is 507. The topological polar surface area (TPSA) is 86.3 Å². The van der Waals surface area contributed by atoms with E-state index in [-0.39, 0.29) is 5.75 Å². The van der Waals surface area contributed by atoms with Gasteiger partial charge in [-0.3, -0.25) is 4.48 Å². The highest BCUT2D eigenvalue weighted by atomic mass is 32.2. The predicted octanol–water partition coefficient (Wildman–Crippen LogP) is 4.21. The molecular weight excluding hydrogens is 388 g/mol. The van der Waals surface area contributed by atoms with E-state index in [1.807, 2.05) is 14.1 Å². The second kappa shape index (κ2) is 17.2. The Labute approximate surface area is 180 Å². The van der Waals surface area contributed by atoms with Gasteiger partial charge < -0.3 is 9.87 Å². The SMILES string of the molecule is CCCCCCCCCCCCCC(=O)[N+](C)(C)CCCNCCCS(=O)(=O)[O-]. The molecule has 0 radical (unpaired) electrons. The van der Waals surface area contributed by atoms with Crippen molar-refractivity contribution in [3.8, 4) is 0 Å². The largest absolute Gasteiger partial charge is 0.748 e. The van der Waals surface area contributed by atoms with Gasteiger partial charge in [0.1, 0.15) is 0 Å². The van der Waals surface area contributed by atoms with Crippen molar-refractivity contribution >= 4 is 16.0 Å². The standard InChI is InChI=1S/C22H46N2O4S/c1-4-5-6-7-8-9-10-11-12-13-14-17-22(25)24(2,3)20-15-18-23-19-16-21-29(26,27)28/h23H,4-21H2,1-3H3. The van der Waals surface area contributed by atoms with Crippen LogP contribution in [0, 0.1) is 0 Å². The molecule has 0 aromatic rings. The molecule has 0 spiro atoms. The van der Waals surface area contributed by atoms with Crippen LogP contribution in [-0.4, -0.2) is 62.8 Å². The lowest BCUT2D eigenvalue weighted by Gasteiger charge is -2.27. The van der Waals surface area contributed by atoms with Crippen molar-refractivity contribution in [1.82, 2.24) is 5.32 Å². The van der Waals surface area contributed by atoms with Crippen LogP contribution in [0.3, 0.4) is 0 Å². The van der Waals surface area contributed by atoms with Crippen LogP contribution >= 0.6 is 0 Å². The number of quaternary nitrogens is 1. The normalized spacial score (nSPS) is 12.4. The van der Waals surface area contributed by atoms with Gasteiger partial charge in [0, 0.05) is 18.7 Å². The van der Waals surface area contributed by atoms with E-state index in [9.17, 15) is 17.8 Å². The number of carbonyl (C=O) groups is 1. The van der Waals surface area contributed by atoms with Crippen molar-refractivity contribution in [2.75, 3.05) is 39.5 Å². The highest BCUT2D eigenvalue weighted by Gasteiger charge is 2.24. The minimum atomic E-state index is -4.11. The van der Waals surface area contributed by atoms with Crippen LogP contribution in [0.1, 0.15) is 96.8 Å². The summed E-state index contributed by atoms with van der Waals surface area (Å²) < 4.78 is 32.0. The summed E-state index contributed by atoms with van der Waals surface area (Å²) in [6.45, 7) is 4.26. The number of amides is 1. The Morgan fingerprint density at radius 1 is 0.793 bits per heavy atom. The number of rotatable bonds is 20. The molecule has 0 rings (SSSR count). The summed E-state index contributed by atoms with van der Waals surface area (Å²) in [7, 11) is -0.185. The van der Waals surface area contributed by atoms with Crippen LogP contribution in [0.15, 0.2) is 0 Å². The Balaban J connectivity index is 3.59. The molecule has 174 valence electrons. The Morgan fingerprint density at radius 2 is 1.28 bits per heavy atom. The molecule has 0 aromatic carbocycles. The number of hydrogen-bond donors (Lipinski definition) is 1. The van der Waals surface area contributed by atoms with Crippen molar-refractivity contribution in [2.24, 2.45) is 0 Å². The van der Waals surface area contributed by atoms with Crippen molar-refractivity contribution in [3.63, 3.8) is 0 Å². The van der Waals surface area contributed by atoms with Crippen LogP contribution in [0.5, 0.6) is 0 Å². The molecule has 0 saturated carbocycles. The minimum absolute atomic E-state index is 0.290. The maximum atomic E-state index is 12.5. The maximum Gasteiger partial charge on any atom is 0.313 e. The molecule has 29 heavy (non-hydrogen) atoms. The Hall–Kier alpha value is -0.500. The fourth-order valence-electron chi connectivity index (χ4n) is 3.47. The number of unbranched alkanes of at least 4 members (excludes halogenated alkanes) is 10. The summed E-state index contributed by atoms with van der Waals surface area (Å²) >= 11 is 0. The number of nitrogens with zero attached hydrogens (tertiary/aromatic N) is 1. The van der Waals surface area contributed by atoms with E-state index >= 15 is 0 Å². The van der Waals surface area contributed by atoms with Crippen molar-refractivity contribution in [1.29, 1.82) is 0 Å². The maximum absolute atomic E-state index is 12.5. The number of carbonyl (C=O) groups excluding carboxylic acids is 1. The number of nitrogens with one attached hydrogen (secondary N) is 1. The molecule has 7 heteroatoms. The highest BCUT2D eigenvalue weighted by molar-refractivity contribution is 7.85. The summed E-state index contributed by atoms with van der Waals surface area (Å²) in [4.78, 5) is 12.5. The Kier molecular flexibility index (Phi) is 16.9. The molecule has 0 heterocycles. The molecule has 0 aliphatic rings. The first-order valence-corrected chi connectivity index (χ1v) is 13.3. The number of hydrogen-bond acceptors (Lipinski definition) is 5. The highest BCUT2D eigenvalue weighted by Crippen LogP contribution is 2.13. The molecule has 0 saturated heterocycles. The summed E-state index contributed by atoms with van der Waals surface area (Å²) in [5.74, 6) is -0.0303. The summed E-state index contributed by atoms with van der Waals surface area (Å²) in [5, 5.41) is 3.14. The third-order valence-corrected chi connectivity index (χ3v) is 6.28. The molecule has 0 atom stereocenters. The minimum Gasteiger partial charge on any atom is -0.748 e. The molecule has 0 aromatic heterocycles. The molecule has 0 fully saturated rings. The van der Waals surface area contributed by atoms with Gasteiger partial charge >= 0.3 is 5.91 Å². The quantitative estimate of drug-likeness (QED) is 0.176. The van der Waals surface area contributed by atoms with E-state index < -0.39 is 10.1 Å². The molecule has 0 bridgehead atoms. The molecule has 6 nitrogen and oxygen atoms in total. The lowest BCUT2D eigenvalue weighted by Crippen LogP contribution is -2.46. The average Bonchev–Trinajstić information content (AvgIpc) is 2.64. The lowest BCUT2D eigenvalue weighted by atomic mass is 10.0. The van der Waals surface area contributed by atoms with Gasteiger partial charge in [-0.25, -0.2) is 13.2 Å². The van der Waals surface area contributed by atoms with E-state index in [4.69, 9.17) is 0 Å². The second-order valence-electron chi connectivity index (χ2n) is 8.81. The summed E-state index contributed by atoms with van der Waals surface area (Å²) in [6, 6.07) is 0. The lowest BCUT2D eigenvalue weighted by molar-refractivity contribution is -0.814. The molecule has 0 aliphatic carbocycles. The van der Waals surface area contributed by atoms with Gasteiger partial charge in [-0.1, -0.05) is 71.1 Å². The summed E-state index contributed by atoms with van der Waals surface area (Å²) in [5.41, 5.74) is 0. The Morgan fingerprint density at radius 3 is 1.79 bits per heavy atom. The van der Waals surface area contributed by atoms with Gasteiger partial charge in [-0.15, -0.1) is 0 Å². The van der Waals surface area contributed by atoms with Crippen LogP contribution in [0.25, 0.3) is 0 Å². The molecular formula is C22H46N2O4S. The fourth-order valence-corrected chi connectivity index (χ4v) is 3.96. The predicted molar refractivity (Wildman–Crippen MR) is 120 cm³/mol. The first-order valence-electron chi connectivity index (χ1n) is 11.7. The zero-order chi connectivity index (χ0) is 22.0. The van der Waals surface area contributed by atoms with Gasteiger partial charge in [0.25, 0.3) is 0 Å². The zero-order valence-electron chi connectivity index (χ0n) is 19.2. The van der Waals surface area contributed by atoms with E-state index in [0.29, 0.717) is 29.8 Å². The fraction of sp³-hybridized carbons (Fsp3) is 0.955. The van der Waals surface area contributed by atoms with Crippen LogP contribution in [0.2, 0.25) is 0 Å². The van der Waals surface area contributed by atoms with Crippen molar-refractivity contribution < 1.29 is 22.2 Å². The van der Waals surface area contributed by atoms with Crippen LogP contribution in [0.4, 0.5) is 0 Å². The molecule has 0 aliphatic heterocycles. The molecule has 1 N–H and O–H groups in total. The van der Waals surface area contributed by atoms with E-state index in [0.717, 1.165) is 32.4 Å².